The SMILES string of the molecule is COc1ccc(Nc2nncc(Nc3cccc(Cl)c3)n2)cc1Cl. The van der Waals surface area contributed by atoms with E-state index in [4.69, 9.17) is 27.9 Å². The number of hydrogen-bond acceptors (Lipinski definition) is 6. The van der Waals surface area contributed by atoms with Crippen LogP contribution in [-0.2, 0) is 0 Å². The minimum Gasteiger partial charge on any atom is -0.495 e. The lowest BCUT2D eigenvalue weighted by atomic mass is 10.3. The fourth-order valence-corrected chi connectivity index (χ4v) is 2.45. The van der Waals surface area contributed by atoms with Crippen LogP contribution in [-0.4, -0.2) is 22.3 Å². The monoisotopic (exact) mass is 361 g/mol. The number of anilines is 4. The van der Waals surface area contributed by atoms with Gasteiger partial charge in [0, 0.05) is 16.4 Å². The highest BCUT2D eigenvalue weighted by molar-refractivity contribution is 6.32. The Balaban J connectivity index is 1.76. The molecule has 24 heavy (non-hydrogen) atoms. The van der Waals surface area contributed by atoms with Crippen molar-refractivity contribution in [2.24, 2.45) is 0 Å². The zero-order valence-corrected chi connectivity index (χ0v) is 14.1. The second kappa shape index (κ2) is 7.33. The number of rotatable bonds is 5. The molecule has 0 bridgehead atoms. The van der Waals surface area contributed by atoms with Crippen molar-refractivity contribution in [2.45, 2.75) is 0 Å². The van der Waals surface area contributed by atoms with Gasteiger partial charge in [-0.05, 0) is 36.4 Å². The lowest BCUT2D eigenvalue weighted by Gasteiger charge is -2.09. The number of nitrogens with zero attached hydrogens (tertiary/aromatic N) is 3. The Hall–Kier alpha value is -2.57. The highest BCUT2D eigenvalue weighted by Gasteiger charge is 2.05. The summed E-state index contributed by atoms with van der Waals surface area (Å²) in [7, 11) is 1.56. The quantitative estimate of drug-likeness (QED) is 0.687. The van der Waals surface area contributed by atoms with Gasteiger partial charge in [-0.3, -0.25) is 0 Å². The maximum absolute atomic E-state index is 6.10. The first-order chi connectivity index (χ1) is 11.6. The Bertz CT molecular complexity index is 859. The minimum atomic E-state index is 0.336. The molecule has 1 heterocycles. The number of methoxy groups -OCH3 is 1. The largest absolute Gasteiger partial charge is 0.495 e. The van der Waals surface area contributed by atoms with Crippen molar-refractivity contribution < 1.29 is 4.74 Å². The third-order valence-electron chi connectivity index (χ3n) is 3.06. The van der Waals surface area contributed by atoms with Crippen molar-refractivity contribution in [3.63, 3.8) is 0 Å². The van der Waals surface area contributed by atoms with Crippen molar-refractivity contribution in [1.29, 1.82) is 0 Å². The van der Waals surface area contributed by atoms with Crippen LogP contribution in [0.4, 0.5) is 23.1 Å². The van der Waals surface area contributed by atoms with Gasteiger partial charge in [-0.1, -0.05) is 29.3 Å². The van der Waals surface area contributed by atoms with Gasteiger partial charge in [0.05, 0.1) is 18.3 Å². The molecule has 0 amide bonds. The molecule has 0 saturated carbocycles. The Morgan fingerprint density at radius 2 is 1.83 bits per heavy atom. The predicted octanol–water partition coefficient (Wildman–Crippen LogP) is 4.67. The van der Waals surface area contributed by atoms with Gasteiger partial charge in [0.1, 0.15) is 5.75 Å². The first kappa shape index (κ1) is 16.3. The van der Waals surface area contributed by atoms with Gasteiger partial charge in [0.2, 0.25) is 5.95 Å². The van der Waals surface area contributed by atoms with Gasteiger partial charge in [-0.2, -0.15) is 10.1 Å². The van der Waals surface area contributed by atoms with E-state index in [0.29, 0.717) is 27.6 Å². The molecule has 6 nitrogen and oxygen atoms in total. The molecular weight excluding hydrogens is 349 g/mol. The van der Waals surface area contributed by atoms with E-state index in [0.717, 1.165) is 11.4 Å². The highest BCUT2D eigenvalue weighted by Crippen LogP contribution is 2.28. The van der Waals surface area contributed by atoms with Gasteiger partial charge < -0.3 is 15.4 Å². The van der Waals surface area contributed by atoms with E-state index in [1.807, 2.05) is 18.2 Å². The summed E-state index contributed by atoms with van der Waals surface area (Å²) in [5.41, 5.74) is 1.53. The Morgan fingerprint density at radius 3 is 2.58 bits per heavy atom. The summed E-state index contributed by atoms with van der Waals surface area (Å²) < 4.78 is 5.12. The van der Waals surface area contributed by atoms with E-state index < -0.39 is 0 Å². The summed E-state index contributed by atoms with van der Waals surface area (Å²) in [6, 6.07) is 12.6. The number of benzene rings is 2. The molecular formula is C16H13Cl2N5O. The molecule has 2 aromatic carbocycles. The van der Waals surface area contributed by atoms with Crippen LogP contribution in [0.25, 0.3) is 0 Å². The number of nitrogens with one attached hydrogen (secondary N) is 2. The topological polar surface area (TPSA) is 72.0 Å². The number of aromatic nitrogens is 3. The molecule has 0 aliphatic rings. The lowest BCUT2D eigenvalue weighted by molar-refractivity contribution is 0.415. The van der Waals surface area contributed by atoms with Crippen LogP contribution in [0.3, 0.4) is 0 Å². The zero-order valence-electron chi connectivity index (χ0n) is 12.6. The normalized spacial score (nSPS) is 10.3. The smallest absolute Gasteiger partial charge is 0.249 e. The average molecular weight is 362 g/mol. The number of halogens is 2. The molecule has 0 aliphatic heterocycles. The third-order valence-corrected chi connectivity index (χ3v) is 3.59. The van der Waals surface area contributed by atoms with E-state index in [9.17, 15) is 0 Å². The predicted molar refractivity (Wildman–Crippen MR) is 95.8 cm³/mol. The van der Waals surface area contributed by atoms with Gasteiger partial charge in [-0.25, -0.2) is 0 Å². The maximum Gasteiger partial charge on any atom is 0.249 e. The molecule has 0 saturated heterocycles. The summed E-state index contributed by atoms with van der Waals surface area (Å²) >= 11 is 12.1. The molecule has 8 heteroatoms. The molecule has 0 aliphatic carbocycles. The number of hydrogen-bond donors (Lipinski definition) is 2. The second-order valence-corrected chi connectivity index (χ2v) is 5.62. The molecule has 3 aromatic rings. The Labute approximate surface area is 148 Å². The van der Waals surface area contributed by atoms with Gasteiger partial charge >= 0.3 is 0 Å². The second-order valence-electron chi connectivity index (χ2n) is 4.77. The molecule has 0 fully saturated rings. The van der Waals surface area contributed by atoms with Crippen LogP contribution in [0, 0.1) is 0 Å². The van der Waals surface area contributed by atoms with E-state index in [1.54, 1.807) is 31.4 Å². The third kappa shape index (κ3) is 4.04. The van der Waals surface area contributed by atoms with Crippen LogP contribution in [0.5, 0.6) is 5.75 Å². The zero-order chi connectivity index (χ0) is 16.9. The van der Waals surface area contributed by atoms with E-state index >= 15 is 0 Å². The molecule has 2 N–H and O–H groups in total. The molecule has 3 rings (SSSR count). The summed E-state index contributed by atoms with van der Waals surface area (Å²) in [6.45, 7) is 0. The summed E-state index contributed by atoms with van der Waals surface area (Å²) in [4.78, 5) is 4.35. The van der Waals surface area contributed by atoms with E-state index in [1.165, 1.54) is 6.20 Å². The van der Waals surface area contributed by atoms with Crippen molar-refractivity contribution in [3.05, 3.63) is 58.7 Å². The molecule has 0 atom stereocenters. The van der Waals surface area contributed by atoms with Crippen molar-refractivity contribution in [2.75, 3.05) is 17.7 Å². The van der Waals surface area contributed by atoms with Gasteiger partial charge in [0.25, 0.3) is 0 Å². The fraction of sp³-hybridized carbons (Fsp3) is 0.0625. The summed E-state index contributed by atoms with van der Waals surface area (Å²) in [5, 5.41) is 15.2. The van der Waals surface area contributed by atoms with Crippen molar-refractivity contribution >= 4 is 46.3 Å². The van der Waals surface area contributed by atoms with Crippen LogP contribution < -0.4 is 15.4 Å². The van der Waals surface area contributed by atoms with E-state index in [2.05, 4.69) is 25.8 Å². The number of ether oxygens (including phenoxy) is 1. The van der Waals surface area contributed by atoms with Crippen LogP contribution >= 0.6 is 23.2 Å². The van der Waals surface area contributed by atoms with E-state index in [-0.39, 0.29) is 0 Å². The molecule has 0 radical (unpaired) electrons. The molecule has 0 spiro atoms. The molecule has 0 unspecified atom stereocenters. The molecule has 122 valence electrons. The first-order valence-corrected chi connectivity index (χ1v) is 7.72. The standard InChI is InChI=1S/C16H13Cl2N5O/c1-24-14-6-5-12(8-13(14)18)21-16-22-15(9-19-23-16)20-11-4-2-3-10(17)7-11/h2-9H,1H3,(H2,20,21,22,23). The van der Waals surface area contributed by atoms with Crippen molar-refractivity contribution in [3.8, 4) is 5.75 Å². The summed E-state index contributed by atoms with van der Waals surface area (Å²) in [6.07, 6.45) is 1.52. The van der Waals surface area contributed by atoms with Crippen LogP contribution in [0.1, 0.15) is 0 Å². The Morgan fingerprint density at radius 1 is 1.00 bits per heavy atom. The van der Waals surface area contributed by atoms with Gasteiger partial charge in [-0.15, -0.1) is 5.10 Å². The minimum absolute atomic E-state index is 0.336. The first-order valence-electron chi connectivity index (χ1n) is 6.97. The average Bonchev–Trinajstić information content (AvgIpc) is 2.55. The maximum atomic E-state index is 6.10. The summed E-state index contributed by atoms with van der Waals surface area (Å²) in [5.74, 6) is 1.47. The van der Waals surface area contributed by atoms with Crippen LogP contribution in [0.2, 0.25) is 10.0 Å². The Kier molecular flexibility index (Phi) is 4.98. The lowest BCUT2D eigenvalue weighted by Crippen LogP contribution is -2.02. The van der Waals surface area contributed by atoms with Crippen LogP contribution in [0.15, 0.2) is 48.7 Å². The molecule has 1 aromatic heterocycles. The van der Waals surface area contributed by atoms with Crippen molar-refractivity contribution in [1.82, 2.24) is 15.2 Å². The van der Waals surface area contributed by atoms with Gasteiger partial charge in [0.15, 0.2) is 5.82 Å². The highest BCUT2D eigenvalue weighted by atomic mass is 35.5. The fourth-order valence-electron chi connectivity index (χ4n) is 2.00.